The van der Waals surface area contributed by atoms with Crippen LogP contribution in [0.3, 0.4) is 0 Å². The van der Waals surface area contributed by atoms with Gasteiger partial charge in [0.1, 0.15) is 12.4 Å². The molecule has 1 saturated heterocycles. The van der Waals surface area contributed by atoms with Gasteiger partial charge in [-0.1, -0.05) is 25.1 Å². The minimum atomic E-state index is 0. The molecule has 2 N–H and O–H groups in total. The average molecular weight is 503 g/mol. The zero-order chi connectivity index (χ0) is 19.8. The summed E-state index contributed by atoms with van der Waals surface area (Å²) in [6.45, 7) is 11.3. The molecule has 1 heterocycles. The van der Waals surface area contributed by atoms with Crippen LogP contribution >= 0.6 is 24.0 Å². The van der Waals surface area contributed by atoms with Gasteiger partial charge in [0.15, 0.2) is 5.96 Å². The van der Waals surface area contributed by atoms with E-state index in [0.29, 0.717) is 31.2 Å². The summed E-state index contributed by atoms with van der Waals surface area (Å²) in [5.41, 5.74) is 1.14. The molecule has 28 heavy (non-hydrogen) atoms. The van der Waals surface area contributed by atoms with Crippen molar-refractivity contribution in [3.05, 3.63) is 29.8 Å². The Morgan fingerprint density at radius 2 is 2.00 bits per heavy atom. The third-order valence-corrected chi connectivity index (χ3v) is 5.13. The fourth-order valence-corrected chi connectivity index (χ4v) is 3.29. The minimum Gasteiger partial charge on any atom is -0.492 e. The summed E-state index contributed by atoms with van der Waals surface area (Å²) in [7, 11) is 5.93. The predicted molar refractivity (Wildman–Crippen MR) is 129 cm³/mol. The first-order valence-electron chi connectivity index (χ1n) is 9.97. The topological polar surface area (TPSA) is 52.1 Å². The van der Waals surface area contributed by atoms with Crippen LogP contribution < -0.4 is 15.4 Å². The Balaban J connectivity index is 0.00000392. The number of aliphatic imine (C=N–C) groups is 1. The molecule has 0 bridgehead atoms. The minimum absolute atomic E-state index is 0. The van der Waals surface area contributed by atoms with E-state index >= 15 is 0 Å². The maximum absolute atomic E-state index is 5.96. The van der Waals surface area contributed by atoms with Gasteiger partial charge in [0.25, 0.3) is 0 Å². The lowest BCUT2D eigenvalue weighted by atomic mass is 10.1. The lowest BCUT2D eigenvalue weighted by Gasteiger charge is -2.22. The van der Waals surface area contributed by atoms with Crippen LogP contribution in [0.1, 0.15) is 26.3 Å². The molecule has 1 aromatic rings. The number of likely N-dealkylation sites (N-methyl/N-ethyl adjacent to an activating group) is 1. The second kappa shape index (κ2) is 12.5. The van der Waals surface area contributed by atoms with Crippen LogP contribution in [-0.2, 0) is 6.54 Å². The number of ether oxygens (including phenoxy) is 1. The van der Waals surface area contributed by atoms with Gasteiger partial charge in [-0.2, -0.15) is 0 Å². The molecule has 0 aromatic heterocycles. The lowest BCUT2D eigenvalue weighted by molar-refractivity contribution is 0.259. The van der Waals surface area contributed by atoms with Gasteiger partial charge in [0.05, 0.1) is 0 Å². The zero-order valence-corrected chi connectivity index (χ0v) is 20.6. The van der Waals surface area contributed by atoms with Crippen LogP contribution in [-0.4, -0.2) is 75.2 Å². The monoisotopic (exact) mass is 503 g/mol. The van der Waals surface area contributed by atoms with E-state index in [9.17, 15) is 0 Å². The van der Waals surface area contributed by atoms with Gasteiger partial charge in [0.2, 0.25) is 0 Å². The highest BCUT2D eigenvalue weighted by molar-refractivity contribution is 14.0. The summed E-state index contributed by atoms with van der Waals surface area (Å²) in [5.74, 6) is 2.38. The number of nitrogens with zero attached hydrogens (tertiary/aromatic N) is 3. The second-order valence-corrected chi connectivity index (χ2v) is 7.96. The Morgan fingerprint density at radius 3 is 2.61 bits per heavy atom. The molecule has 6 nitrogen and oxygen atoms in total. The van der Waals surface area contributed by atoms with Crippen molar-refractivity contribution in [1.29, 1.82) is 0 Å². The van der Waals surface area contributed by atoms with Crippen LogP contribution in [0.2, 0.25) is 0 Å². The third kappa shape index (κ3) is 7.75. The molecule has 1 aliphatic rings. The van der Waals surface area contributed by atoms with Crippen molar-refractivity contribution >= 4 is 29.9 Å². The van der Waals surface area contributed by atoms with Gasteiger partial charge in [-0.05, 0) is 39.9 Å². The van der Waals surface area contributed by atoms with Crippen molar-refractivity contribution in [2.24, 2.45) is 10.9 Å². The van der Waals surface area contributed by atoms with Crippen LogP contribution in [0.25, 0.3) is 0 Å². The normalized spacial score (nSPS) is 20.4. The van der Waals surface area contributed by atoms with Gasteiger partial charge in [0, 0.05) is 50.9 Å². The van der Waals surface area contributed by atoms with E-state index in [2.05, 4.69) is 66.4 Å². The largest absolute Gasteiger partial charge is 0.492 e. The molecular weight excluding hydrogens is 465 g/mol. The molecule has 2 unspecified atom stereocenters. The zero-order valence-electron chi connectivity index (χ0n) is 18.2. The average Bonchev–Trinajstić information content (AvgIpc) is 3.00. The summed E-state index contributed by atoms with van der Waals surface area (Å²) >= 11 is 0. The number of nitrogens with one attached hydrogen (secondary N) is 2. The molecule has 0 radical (unpaired) electrons. The molecular formula is C21H38IN5O. The Kier molecular flexibility index (Phi) is 11.1. The standard InChI is InChI=1S/C21H37N5O.HI/c1-16(2)26-14-17(3)19(15-26)24-21(22-4)23-13-18-9-7-8-10-20(18)27-12-11-25(5)6;/h7-10,16-17,19H,11-15H2,1-6H3,(H2,22,23,24);1H. The molecule has 2 atom stereocenters. The smallest absolute Gasteiger partial charge is 0.191 e. The third-order valence-electron chi connectivity index (χ3n) is 5.13. The maximum atomic E-state index is 5.96. The van der Waals surface area contributed by atoms with E-state index in [1.54, 1.807) is 0 Å². The van der Waals surface area contributed by atoms with Crippen molar-refractivity contribution < 1.29 is 4.74 Å². The number of halogens is 1. The van der Waals surface area contributed by atoms with Crippen LogP contribution in [0, 0.1) is 5.92 Å². The van der Waals surface area contributed by atoms with Crippen LogP contribution in [0.15, 0.2) is 29.3 Å². The van der Waals surface area contributed by atoms with E-state index in [1.807, 2.05) is 25.2 Å². The van der Waals surface area contributed by atoms with Crippen LogP contribution in [0.5, 0.6) is 5.75 Å². The van der Waals surface area contributed by atoms with Gasteiger partial charge in [-0.3, -0.25) is 9.89 Å². The first kappa shape index (κ1) is 25.0. The summed E-state index contributed by atoms with van der Waals surface area (Å²) in [5, 5.41) is 7.04. The van der Waals surface area contributed by atoms with E-state index in [-0.39, 0.29) is 24.0 Å². The molecule has 2 rings (SSSR count). The Morgan fingerprint density at radius 1 is 1.29 bits per heavy atom. The molecule has 0 aliphatic carbocycles. The van der Waals surface area contributed by atoms with Crippen molar-refractivity contribution in [1.82, 2.24) is 20.4 Å². The molecule has 1 aromatic carbocycles. The molecule has 1 fully saturated rings. The molecule has 0 spiro atoms. The molecule has 160 valence electrons. The number of benzene rings is 1. The Bertz CT molecular complexity index is 608. The molecule has 0 amide bonds. The predicted octanol–water partition coefficient (Wildman–Crippen LogP) is 2.64. The van der Waals surface area contributed by atoms with Gasteiger partial charge < -0.3 is 20.3 Å². The fraction of sp³-hybridized carbons (Fsp3) is 0.667. The van der Waals surface area contributed by atoms with E-state index < -0.39 is 0 Å². The van der Waals surface area contributed by atoms with E-state index in [4.69, 9.17) is 4.74 Å². The van der Waals surface area contributed by atoms with Crippen molar-refractivity contribution in [3.63, 3.8) is 0 Å². The van der Waals surface area contributed by atoms with Crippen molar-refractivity contribution in [2.45, 2.75) is 39.4 Å². The van der Waals surface area contributed by atoms with Crippen molar-refractivity contribution in [3.8, 4) is 5.75 Å². The summed E-state index contributed by atoms with van der Waals surface area (Å²) in [6, 6.07) is 9.20. The quantitative estimate of drug-likeness (QED) is 0.325. The molecule has 1 aliphatic heterocycles. The highest BCUT2D eigenvalue weighted by Gasteiger charge is 2.31. The highest BCUT2D eigenvalue weighted by Crippen LogP contribution is 2.19. The highest BCUT2D eigenvalue weighted by atomic mass is 127. The van der Waals surface area contributed by atoms with E-state index in [0.717, 1.165) is 36.9 Å². The summed E-state index contributed by atoms with van der Waals surface area (Å²) in [4.78, 5) is 9.05. The maximum Gasteiger partial charge on any atom is 0.191 e. The van der Waals surface area contributed by atoms with Crippen molar-refractivity contribution in [2.75, 3.05) is 47.4 Å². The van der Waals surface area contributed by atoms with E-state index in [1.165, 1.54) is 0 Å². The number of hydrogen-bond donors (Lipinski definition) is 2. The fourth-order valence-electron chi connectivity index (χ4n) is 3.29. The molecule has 7 heteroatoms. The van der Waals surface area contributed by atoms with Crippen LogP contribution in [0.4, 0.5) is 0 Å². The number of hydrogen-bond acceptors (Lipinski definition) is 4. The summed E-state index contributed by atoms with van der Waals surface area (Å²) < 4.78 is 5.96. The Hall–Kier alpha value is -1.06. The first-order chi connectivity index (χ1) is 12.9. The number of para-hydroxylation sites is 1. The second-order valence-electron chi connectivity index (χ2n) is 7.96. The number of guanidine groups is 1. The number of rotatable bonds is 8. The lowest BCUT2D eigenvalue weighted by Crippen LogP contribution is -2.46. The van der Waals surface area contributed by atoms with Gasteiger partial charge in [-0.15, -0.1) is 24.0 Å². The van der Waals surface area contributed by atoms with Gasteiger partial charge in [-0.25, -0.2) is 0 Å². The van der Waals surface area contributed by atoms with Gasteiger partial charge >= 0.3 is 0 Å². The summed E-state index contributed by atoms with van der Waals surface area (Å²) in [6.07, 6.45) is 0. The SMILES string of the molecule is CN=C(NCc1ccccc1OCCN(C)C)NC1CN(C(C)C)CC1C.I. The first-order valence-corrected chi connectivity index (χ1v) is 9.97. The Labute approximate surface area is 188 Å². The number of likely N-dealkylation sites (tertiary alicyclic amines) is 1. The molecule has 0 saturated carbocycles.